The summed E-state index contributed by atoms with van der Waals surface area (Å²) < 4.78 is 0. The van der Waals surface area contributed by atoms with E-state index in [2.05, 4.69) is 34.4 Å². The van der Waals surface area contributed by atoms with Crippen molar-refractivity contribution in [2.24, 2.45) is 0 Å². The molecule has 1 saturated heterocycles. The number of urea groups is 1. The maximum Gasteiger partial charge on any atom is 0.324 e. The molecule has 2 N–H and O–H groups in total. The zero-order chi connectivity index (χ0) is 13.7. The lowest BCUT2D eigenvalue weighted by Gasteiger charge is -2.33. The van der Waals surface area contributed by atoms with E-state index in [-0.39, 0.29) is 6.03 Å². The molecular weight excluding hydrogens is 242 g/mol. The first-order chi connectivity index (χ1) is 9.15. The summed E-state index contributed by atoms with van der Waals surface area (Å²) in [5.74, 6) is 0.356. The molecule has 0 saturated carbocycles. The first-order valence-electron chi connectivity index (χ1n) is 6.74. The lowest BCUT2D eigenvalue weighted by Crippen LogP contribution is -2.47. The van der Waals surface area contributed by atoms with E-state index in [4.69, 9.17) is 0 Å². The van der Waals surface area contributed by atoms with E-state index in [0.717, 1.165) is 25.9 Å². The molecule has 0 aromatic carbocycles. The molecule has 0 unspecified atom stereocenters. The van der Waals surface area contributed by atoms with Crippen LogP contribution >= 0.6 is 0 Å². The summed E-state index contributed by atoms with van der Waals surface area (Å²) in [7, 11) is 0. The molecule has 2 amide bonds. The fourth-order valence-corrected chi connectivity index (χ4v) is 2.26. The molecule has 6 heteroatoms. The highest BCUT2D eigenvalue weighted by molar-refractivity contribution is 5.87. The predicted molar refractivity (Wildman–Crippen MR) is 73.9 cm³/mol. The summed E-state index contributed by atoms with van der Waals surface area (Å²) >= 11 is 0. The van der Waals surface area contributed by atoms with Crippen molar-refractivity contribution in [1.82, 2.24) is 20.2 Å². The summed E-state index contributed by atoms with van der Waals surface area (Å²) in [6.45, 7) is 5.82. The van der Waals surface area contributed by atoms with Gasteiger partial charge in [0.05, 0.1) is 0 Å². The summed E-state index contributed by atoms with van der Waals surface area (Å²) in [4.78, 5) is 21.8. The van der Waals surface area contributed by atoms with Gasteiger partial charge in [-0.15, -0.1) is 0 Å². The third-order valence-corrected chi connectivity index (χ3v) is 3.14. The Morgan fingerprint density at radius 3 is 2.53 bits per heavy atom. The molecule has 1 aromatic heterocycles. The van der Waals surface area contributed by atoms with Crippen LogP contribution in [0.2, 0.25) is 0 Å². The molecule has 1 fully saturated rings. The normalized spacial score (nSPS) is 16.7. The lowest BCUT2D eigenvalue weighted by atomic mass is 10.0. The number of carbonyl (C=O) groups is 1. The molecule has 1 aliphatic heterocycles. The van der Waals surface area contributed by atoms with Crippen LogP contribution in [0.3, 0.4) is 0 Å². The molecule has 19 heavy (non-hydrogen) atoms. The van der Waals surface area contributed by atoms with Crippen molar-refractivity contribution in [1.29, 1.82) is 0 Å². The smallest absolute Gasteiger partial charge is 0.324 e. The van der Waals surface area contributed by atoms with Crippen molar-refractivity contribution in [2.75, 3.05) is 18.4 Å². The maximum absolute atomic E-state index is 12.0. The van der Waals surface area contributed by atoms with Crippen LogP contribution in [0.5, 0.6) is 0 Å². The number of nitrogens with one attached hydrogen (secondary N) is 2. The van der Waals surface area contributed by atoms with Crippen molar-refractivity contribution in [2.45, 2.75) is 38.8 Å². The number of rotatable bonds is 3. The van der Waals surface area contributed by atoms with Gasteiger partial charge in [-0.05, 0) is 18.9 Å². The number of amides is 2. The Labute approximate surface area is 113 Å². The fourth-order valence-electron chi connectivity index (χ4n) is 2.26. The van der Waals surface area contributed by atoms with E-state index in [0.29, 0.717) is 18.0 Å². The number of aromatic nitrogens is 2. The molecular formula is C13H21N5O. The zero-order valence-electron chi connectivity index (χ0n) is 11.5. The second kappa shape index (κ2) is 6.47. The number of hydrogen-bond donors (Lipinski definition) is 2. The molecule has 0 aliphatic carbocycles. The van der Waals surface area contributed by atoms with Gasteiger partial charge in [-0.2, -0.15) is 0 Å². The maximum atomic E-state index is 12.0. The molecule has 104 valence electrons. The van der Waals surface area contributed by atoms with Gasteiger partial charge < -0.3 is 10.2 Å². The Morgan fingerprint density at radius 2 is 1.95 bits per heavy atom. The van der Waals surface area contributed by atoms with E-state index < -0.39 is 0 Å². The Morgan fingerprint density at radius 1 is 1.32 bits per heavy atom. The minimum atomic E-state index is -0.116. The summed E-state index contributed by atoms with van der Waals surface area (Å²) in [6, 6.07) is 2.60. The molecule has 0 bridgehead atoms. The SMILES string of the molecule is CC(C)NC1CCN(C(=O)Nc2ncccn2)CC1. The van der Waals surface area contributed by atoms with Crippen LogP contribution in [-0.4, -0.2) is 46.1 Å². The first-order valence-corrected chi connectivity index (χ1v) is 6.74. The number of hydrogen-bond acceptors (Lipinski definition) is 4. The summed E-state index contributed by atoms with van der Waals surface area (Å²) in [5, 5.41) is 6.22. The topological polar surface area (TPSA) is 70.2 Å². The van der Waals surface area contributed by atoms with Crippen LogP contribution in [-0.2, 0) is 0 Å². The average Bonchev–Trinajstić information content (AvgIpc) is 2.40. The fraction of sp³-hybridized carbons (Fsp3) is 0.615. The van der Waals surface area contributed by atoms with E-state index in [1.54, 1.807) is 18.5 Å². The van der Waals surface area contributed by atoms with Gasteiger partial charge in [-0.3, -0.25) is 5.32 Å². The van der Waals surface area contributed by atoms with Crippen molar-refractivity contribution >= 4 is 12.0 Å². The lowest BCUT2D eigenvalue weighted by molar-refractivity contribution is 0.187. The van der Waals surface area contributed by atoms with Gasteiger partial charge in [0.15, 0.2) is 0 Å². The quantitative estimate of drug-likeness (QED) is 0.866. The third-order valence-electron chi connectivity index (χ3n) is 3.14. The second-order valence-electron chi connectivity index (χ2n) is 5.09. The van der Waals surface area contributed by atoms with E-state index >= 15 is 0 Å². The molecule has 0 radical (unpaired) electrons. The van der Waals surface area contributed by atoms with Gasteiger partial charge in [0.25, 0.3) is 0 Å². The van der Waals surface area contributed by atoms with Crippen LogP contribution in [0.25, 0.3) is 0 Å². The molecule has 0 atom stereocenters. The highest BCUT2D eigenvalue weighted by Crippen LogP contribution is 2.12. The second-order valence-corrected chi connectivity index (χ2v) is 5.09. The molecule has 0 spiro atoms. The van der Waals surface area contributed by atoms with E-state index in [9.17, 15) is 4.79 Å². The first kappa shape index (κ1) is 13.7. The minimum Gasteiger partial charge on any atom is -0.324 e. The Bertz CT molecular complexity index is 401. The van der Waals surface area contributed by atoms with Crippen molar-refractivity contribution in [3.8, 4) is 0 Å². The number of piperidine rings is 1. The predicted octanol–water partition coefficient (Wildman–Crippen LogP) is 1.47. The number of likely N-dealkylation sites (tertiary alicyclic amines) is 1. The van der Waals surface area contributed by atoms with Gasteiger partial charge in [0.1, 0.15) is 0 Å². The highest BCUT2D eigenvalue weighted by atomic mass is 16.2. The van der Waals surface area contributed by atoms with Gasteiger partial charge >= 0.3 is 6.03 Å². The van der Waals surface area contributed by atoms with Gasteiger partial charge in [-0.1, -0.05) is 13.8 Å². The number of carbonyl (C=O) groups excluding carboxylic acids is 1. The van der Waals surface area contributed by atoms with Crippen LogP contribution in [0, 0.1) is 0 Å². The Hall–Kier alpha value is -1.69. The Balaban J connectivity index is 1.79. The average molecular weight is 263 g/mol. The van der Waals surface area contributed by atoms with Crippen LogP contribution in [0.15, 0.2) is 18.5 Å². The largest absolute Gasteiger partial charge is 0.324 e. The number of anilines is 1. The van der Waals surface area contributed by atoms with Gasteiger partial charge in [0, 0.05) is 37.6 Å². The van der Waals surface area contributed by atoms with Crippen molar-refractivity contribution in [3.05, 3.63) is 18.5 Å². The third kappa shape index (κ3) is 4.17. The molecule has 1 aliphatic rings. The van der Waals surface area contributed by atoms with E-state index in [1.165, 1.54) is 0 Å². The van der Waals surface area contributed by atoms with Gasteiger partial charge in [0.2, 0.25) is 5.95 Å². The van der Waals surface area contributed by atoms with Crippen LogP contribution in [0.1, 0.15) is 26.7 Å². The minimum absolute atomic E-state index is 0.116. The Kier molecular flexibility index (Phi) is 4.68. The molecule has 2 heterocycles. The number of nitrogens with zero attached hydrogens (tertiary/aromatic N) is 3. The van der Waals surface area contributed by atoms with Crippen molar-refractivity contribution < 1.29 is 4.79 Å². The zero-order valence-corrected chi connectivity index (χ0v) is 11.5. The molecule has 6 nitrogen and oxygen atoms in total. The highest BCUT2D eigenvalue weighted by Gasteiger charge is 2.23. The monoisotopic (exact) mass is 263 g/mol. The van der Waals surface area contributed by atoms with Crippen molar-refractivity contribution in [3.63, 3.8) is 0 Å². The molecule has 2 rings (SSSR count). The van der Waals surface area contributed by atoms with Gasteiger partial charge in [-0.25, -0.2) is 14.8 Å². The van der Waals surface area contributed by atoms with E-state index in [1.807, 2.05) is 4.90 Å². The summed E-state index contributed by atoms with van der Waals surface area (Å²) in [6.07, 6.45) is 5.20. The molecule has 1 aromatic rings. The van der Waals surface area contributed by atoms with Crippen LogP contribution < -0.4 is 10.6 Å². The summed E-state index contributed by atoms with van der Waals surface area (Å²) in [5.41, 5.74) is 0. The van der Waals surface area contributed by atoms with Crippen LogP contribution in [0.4, 0.5) is 10.7 Å². The standard InChI is InChI=1S/C13H21N5O/c1-10(2)16-11-4-8-18(9-5-11)13(19)17-12-14-6-3-7-15-12/h3,6-7,10-11,16H,4-5,8-9H2,1-2H3,(H,14,15,17,19).